The number of aliphatic carboxylic acids is 1. The molecular weight excluding hydrogens is 336 g/mol. The summed E-state index contributed by atoms with van der Waals surface area (Å²) in [5.74, 6) is -0.618. The summed E-state index contributed by atoms with van der Waals surface area (Å²) in [6.07, 6.45) is 0.676. The van der Waals surface area contributed by atoms with Gasteiger partial charge in [0.15, 0.2) is 6.61 Å². The molecular formula is C19H22N2O5. The van der Waals surface area contributed by atoms with E-state index in [1.54, 1.807) is 37.4 Å². The minimum Gasteiger partial charge on any atom is -0.482 e. The minimum atomic E-state index is -1.06. The molecule has 2 N–H and O–H groups in total. The molecule has 0 radical (unpaired) electrons. The van der Waals surface area contributed by atoms with E-state index in [1.165, 1.54) is 11.0 Å². The van der Waals surface area contributed by atoms with Crippen molar-refractivity contribution in [3.05, 3.63) is 58.0 Å². The summed E-state index contributed by atoms with van der Waals surface area (Å²) in [7, 11) is 1.61. The lowest BCUT2D eigenvalue weighted by molar-refractivity contribution is -0.139. The van der Waals surface area contributed by atoms with Crippen molar-refractivity contribution in [2.45, 2.75) is 20.3 Å². The van der Waals surface area contributed by atoms with Crippen LogP contribution in [0.5, 0.6) is 5.75 Å². The number of carbonyl (C=O) groups excluding carboxylic acids is 1. The van der Waals surface area contributed by atoms with Crippen molar-refractivity contribution >= 4 is 17.6 Å². The molecule has 0 saturated carbocycles. The lowest BCUT2D eigenvalue weighted by Gasteiger charge is -2.18. The molecule has 1 amide bonds. The molecule has 7 nitrogen and oxygen atoms in total. The molecule has 1 aromatic heterocycles. The highest BCUT2D eigenvalue weighted by atomic mass is 16.5. The van der Waals surface area contributed by atoms with Crippen LogP contribution in [0.4, 0.5) is 5.69 Å². The van der Waals surface area contributed by atoms with Crippen LogP contribution < -0.4 is 15.2 Å². The van der Waals surface area contributed by atoms with E-state index in [1.807, 2.05) is 13.8 Å². The summed E-state index contributed by atoms with van der Waals surface area (Å²) in [5.41, 5.74) is 1.33. The lowest BCUT2D eigenvalue weighted by atomic mass is 10.1. The van der Waals surface area contributed by atoms with Crippen LogP contribution in [-0.2, 0) is 11.2 Å². The van der Waals surface area contributed by atoms with Gasteiger partial charge in [-0.1, -0.05) is 13.8 Å². The Morgan fingerprint density at radius 2 is 1.85 bits per heavy atom. The predicted molar refractivity (Wildman–Crippen MR) is 97.9 cm³/mol. The van der Waals surface area contributed by atoms with Gasteiger partial charge in [-0.15, -0.1) is 0 Å². The zero-order valence-corrected chi connectivity index (χ0v) is 15.0. The average Bonchev–Trinajstić information content (AvgIpc) is 2.58. The molecule has 0 bridgehead atoms. The lowest BCUT2D eigenvalue weighted by Crippen LogP contribution is -2.28. The molecule has 0 aliphatic carbocycles. The van der Waals surface area contributed by atoms with E-state index in [2.05, 4.69) is 4.98 Å². The molecule has 1 heterocycles. The first kappa shape index (κ1) is 19.2. The second-order valence-electron chi connectivity index (χ2n) is 6.40. The molecule has 0 saturated heterocycles. The summed E-state index contributed by atoms with van der Waals surface area (Å²) in [6, 6.07) is 9.46. The summed E-state index contributed by atoms with van der Waals surface area (Å²) in [5, 5.41) is 8.61. The van der Waals surface area contributed by atoms with E-state index >= 15 is 0 Å². The summed E-state index contributed by atoms with van der Waals surface area (Å²) < 4.78 is 5.07. The first-order chi connectivity index (χ1) is 12.3. The molecule has 7 heteroatoms. The maximum absolute atomic E-state index is 12.7. The van der Waals surface area contributed by atoms with Gasteiger partial charge in [0, 0.05) is 30.1 Å². The van der Waals surface area contributed by atoms with Gasteiger partial charge in [-0.3, -0.25) is 9.59 Å². The van der Waals surface area contributed by atoms with Crippen LogP contribution in [-0.4, -0.2) is 35.6 Å². The summed E-state index contributed by atoms with van der Waals surface area (Å²) in [4.78, 5) is 39.2. The number of carboxylic acids is 1. The Kier molecular flexibility index (Phi) is 6.16. The quantitative estimate of drug-likeness (QED) is 0.791. The highest BCUT2D eigenvalue weighted by molar-refractivity contribution is 6.05. The molecule has 0 aliphatic rings. The second-order valence-corrected chi connectivity index (χ2v) is 6.40. The number of hydrogen-bond acceptors (Lipinski definition) is 4. The normalized spacial score (nSPS) is 10.6. The van der Waals surface area contributed by atoms with E-state index < -0.39 is 12.6 Å². The highest BCUT2D eigenvalue weighted by Crippen LogP contribution is 2.20. The van der Waals surface area contributed by atoms with Crippen LogP contribution in [0.15, 0.2) is 41.2 Å². The van der Waals surface area contributed by atoms with Crippen molar-refractivity contribution < 1.29 is 19.4 Å². The van der Waals surface area contributed by atoms with Gasteiger partial charge in [0.1, 0.15) is 5.75 Å². The predicted octanol–water partition coefficient (Wildman–Crippen LogP) is 2.31. The first-order valence-electron chi connectivity index (χ1n) is 8.22. The number of amides is 1. The van der Waals surface area contributed by atoms with Gasteiger partial charge in [0.2, 0.25) is 5.56 Å². The monoisotopic (exact) mass is 358 g/mol. The maximum Gasteiger partial charge on any atom is 0.341 e. The molecule has 2 aromatic rings. The van der Waals surface area contributed by atoms with E-state index in [4.69, 9.17) is 9.84 Å². The van der Waals surface area contributed by atoms with Crippen molar-refractivity contribution in [1.29, 1.82) is 0 Å². The van der Waals surface area contributed by atoms with E-state index in [0.29, 0.717) is 29.3 Å². The Balaban J connectivity index is 2.17. The molecule has 0 atom stereocenters. The Labute approximate surface area is 151 Å². The number of anilines is 1. The topological polar surface area (TPSA) is 99.7 Å². The molecule has 26 heavy (non-hydrogen) atoms. The van der Waals surface area contributed by atoms with Crippen LogP contribution >= 0.6 is 0 Å². The number of aromatic nitrogens is 1. The van der Waals surface area contributed by atoms with Crippen molar-refractivity contribution in [2.75, 3.05) is 18.6 Å². The Morgan fingerprint density at radius 1 is 1.19 bits per heavy atom. The molecule has 2 rings (SSSR count). The van der Waals surface area contributed by atoms with Gasteiger partial charge in [0.05, 0.1) is 0 Å². The van der Waals surface area contributed by atoms with Gasteiger partial charge in [-0.05, 0) is 42.7 Å². The number of benzene rings is 1. The fraction of sp³-hybridized carbons (Fsp3) is 0.316. The molecule has 0 unspecified atom stereocenters. The van der Waals surface area contributed by atoms with Gasteiger partial charge >= 0.3 is 5.97 Å². The summed E-state index contributed by atoms with van der Waals surface area (Å²) >= 11 is 0. The first-order valence-corrected chi connectivity index (χ1v) is 8.22. The fourth-order valence-corrected chi connectivity index (χ4v) is 2.50. The number of hydrogen-bond donors (Lipinski definition) is 2. The Bertz CT molecular complexity index is 840. The van der Waals surface area contributed by atoms with Gasteiger partial charge in [-0.2, -0.15) is 0 Å². The number of carboxylic acid groups (broad SMARTS) is 1. The zero-order valence-electron chi connectivity index (χ0n) is 15.0. The van der Waals surface area contributed by atoms with Crippen LogP contribution in [0, 0.1) is 5.92 Å². The number of carbonyl (C=O) groups is 2. The van der Waals surface area contributed by atoms with Crippen LogP contribution in [0.25, 0.3) is 0 Å². The maximum atomic E-state index is 12.7. The van der Waals surface area contributed by atoms with Crippen molar-refractivity contribution in [3.63, 3.8) is 0 Å². The van der Waals surface area contributed by atoms with Crippen LogP contribution in [0.1, 0.15) is 29.9 Å². The number of ether oxygens (including phenoxy) is 1. The number of H-pyrrole nitrogens is 1. The van der Waals surface area contributed by atoms with Crippen LogP contribution in [0.3, 0.4) is 0 Å². The standard InChI is InChI=1S/C19H22N2O5/c1-12(2)8-14-9-13(10-17(22)20-14)19(25)21(3)15-4-6-16(7-5-15)26-11-18(23)24/h4-7,9-10,12H,8,11H2,1-3H3,(H,20,22)(H,23,24). The van der Waals surface area contributed by atoms with Gasteiger partial charge < -0.3 is 19.7 Å². The van der Waals surface area contributed by atoms with E-state index in [-0.39, 0.29) is 11.5 Å². The number of pyridine rings is 1. The Hall–Kier alpha value is -3.09. The fourth-order valence-electron chi connectivity index (χ4n) is 2.50. The number of nitrogens with one attached hydrogen (secondary N) is 1. The van der Waals surface area contributed by atoms with Crippen LogP contribution in [0.2, 0.25) is 0 Å². The SMILES string of the molecule is CC(C)Cc1cc(C(=O)N(C)c2ccc(OCC(=O)O)cc2)cc(=O)[nH]1. The van der Waals surface area contributed by atoms with Crippen molar-refractivity contribution in [2.24, 2.45) is 5.92 Å². The second kappa shape index (κ2) is 8.33. The number of rotatable bonds is 7. The molecule has 0 aliphatic heterocycles. The van der Waals surface area contributed by atoms with Crippen molar-refractivity contribution in [1.82, 2.24) is 4.98 Å². The molecule has 138 valence electrons. The third kappa shape index (κ3) is 5.20. The van der Waals surface area contributed by atoms with E-state index in [0.717, 1.165) is 5.69 Å². The molecule has 1 aromatic carbocycles. The van der Waals surface area contributed by atoms with Crippen molar-refractivity contribution in [3.8, 4) is 5.75 Å². The molecule has 0 spiro atoms. The zero-order chi connectivity index (χ0) is 19.3. The highest BCUT2D eigenvalue weighted by Gasteiger charge is 2.15. The van der Waals surface area contributed by atoms with Gasteiger partial charge in [-0.25, -0.2) is 4.79 Å². The third-order valence-corrected chi connectivity index (χ3v) is 3.67. The largest absolute Gasteiger partial charge is 0.482 e. The number of aromatic amines is 1. The molecule has 0 fully saturated rings. The van der Waals surface area contributed by atoms with Gasteiger partial charge in [0.25, 0.3) is 5.91 Å². The Morgan fingerprint density at radius 3 is 2.42 bits per heavy atom. The smallest absolute Gasteiger partial charge is 0.341 e. The van der Waals surface area contributed by atoms with E-state index in [9.17, 15) is 14.4 Å². The third-order valence-electron chi connectivity index (χ3n) is 3.67. The minimum absolute atomic E-state index is 0.305. The number of nitrogens with zero attached hydrogens (tertiary/aromatic N) is 1. The summed E-state index contributed by atoms with van der Waals surface area (Å²) in [6.45, 7) is 3.64. The average molecular weight is 358 g/mol.